The number of rotatable bonds is 1. The van der Waals surface area contributed by atoms with E-state index in [1.165, 1.54) is 10.9 Å². The van der Waals surface area contributed by atoms with Crippen molar-refractivity contribution in [3.05, 3.63) is 11.1 Å². The maximum absolute atomic E-state index is 11.4. The smallest absolute Gasteiger partial charge is 0.268 e. The largest absolute Gasteiger partial charge is 0.756 e. The highest BCUT2D eigenvalue weighted by molar-refractivity contribution is 9.10. The molecule has 5 atom stereocenters. The number of aliphatic hydroxyl groups excluding tert-OH is 1. The number of fused-ring (bicyclic) bond motifs is 2. The molecule has 4 rings (SSSR count). The maximum Gasteiger partial charge on any atom is 0.268 e. The molecule has 2 aromatic heterocycles. The van der Waals surface area contributed by atoms with Crippen LogP contribution in [0.4, 0.5) is 5.82 Å². The first-order valence-electron chi connectivity index (χ1n) is 6.49. The predicted octanol–water partition coefficient (Wildman–Crippen LogP) is -0.687. The van der Waals surface area contributed by atoms with Crippen molar-refractivity contribution in [3.8, 4) is 0 Å². The van der Waals surface area contributed by atoms with Crippen LogP contribution in [0.5, 0.6) is 0 Å². The van der Waals surface area contributed by atoms with E-state index in [-0.39, 0.29) is 12.4 Å². The molecule has 0 bridgehead atoms. The van der Waals surface area contributed by atoms with E-state index >= 15 is 0 Å². The first kappa shape index (κ1) is 15.4. The van der Waals surface area contributed by atoms with Gasteiger partial charge in [-0.1, -0.05) is 0 Å². The second-order valence-electron chi connectivity index (χ2n) is 5.05. The summed E-state index contributed by atoms with van der Waals surface area (Å²) in [6.07, 6.45) is -2.80. The van der Waals surface area contributed by atoms with Crippen molar-refractivity contribution >= 4 is 40.7 Å². The minimum absolute atomic E-state index is 0.169. The summed E-state index contributed by atoms with van der Waals surface area (Å²) in [6.45, 7) is -0.236. The lowest BCUT2D eigenvalue weighted by atomic mass is 10.1. The van der Waals surface area contributed by atoms with Crippen LogP contribution in [0.1, 0.15) is 6.23 Å². The molecule has 2 saturated heterocycles. The number of phosphoric acid groups is 1. The summed E-state index contributed by atoms with van der Waals surface area (Å²) in [5.74, 6) is 0.169. The molecule has 2 aliphatic heterocycles. The third-order valence-electron chi connectivity index (χ3n) is 3.67. The Kier molecular flexibility index (Phi) is 3.47. The van der Waals surface area contributed by atoms with Crippen LogP contribution in [0, 0.1) is 0 Å². The molecular formula is C10H10BrN5O6P-. The molecule has 0 radical (unpaired) electrons. The van der Waals surface area contributed by atoms with E-state index in [1.54, 1.807) is 0 Å². The summed E-state index contributed by atoms with van der Waals surface area (Å²) in [4.78, 5) is 23.5. The van der Waals surface area contributed by atoms with Gasteiger partial charge in [0.05, 0.1) is 6.61 Å². The van der Waals surface area contributed by atoms with Crippen molar-refractivity contribution in [2.24, 2.45) is 0 Å². The fourth-order valence-electron chi connectivity index (χ4n) is 2.67. The van der Waals surface area contributed by atoms with E-state index in [9.17, 15) is 14.6 Å². The number of aliphatic hydroxyl groups is 1. The van der Waals surface area contributed by atoms with E-state index in [4.69, 9.17) is 15.0 Å². The molecule has 4 heterocycles. The molecular weight excluding hydrogens is 397 g/mol. The van der Waals surface area contributed by atoms with Crippen LogP contribution < -0.4 is 10.6 Å². The molecule has 13 heteroatoms. The summed E-state index contributed by atoms with van der Waals surface area (Å²) in [5.41, 5.74) is 6.41. The fourth-order valence-corrected chi connectivity index (χ4v) is 4.16. The van der Waals surface area contributed by atoms with Crippen LogP contribution in [-0.2, 0) is 18.3 Å². The number of halogens is 1. The van der Waals surface area contributed by atoms with Crippen LogP contribution in [0.25, 0.3) is 11.2 Å². The maximum atomic E-state index is 11.4. The molecule has 0 saturated carbocycles. The predicted molar refractivity (Wildman–Crippen MR) is 75.8 cm³/mol. The summed E-state index contributed by atoms with van der Waals surface area (Å²) in [5, 5.41) is 10.4. The molecule has 4 unspecified atom stereocenters. The highest BCUT2D eigenvalue weighted by atomic mass is 79.9. The molecule has 11 nitrogen and oxygen atoms in total. The Bertz CT molecular complexity index is 831. The molecule has 2 aliphatic rings. The fraction of sp³-hybridized carbons (Fsp3) is 0.500. The van der Waals surface area contributed by atoms with Gasteiger partial charge in [-0.05, 0) is 15.9 Å². The highest BCUT2D eigenvalue weighted by Crippen LogP contribution is 2.50. The van der Waals surface area contributed by atoms with Gasteiger partial charge in [0, 0.05) is 0 Å². The number of imidazole rings is 1. The Labute approximate surface area is 137 Å². The van der Waals surface area contributed by atoms with Crippen LogP contribution >= 0.6 is 23.8 Å². The van der Waals surface area contributed by atoms with E-state index < -0.39 is 32.4 Å². The van der Waals surface area contributed by atoms with Crippen molar-refractivity contribution in [1.29, 1.82) is 0 Å². The molecule has 0 spiro atoms. The van der Waals surface area contributed by atoms with Crippen LogP contribution in [0.2, 0.25) is 0 Å². The summed E-state index contributed by atoms with van der Waals surface area (Å²) in [6, 6.07) is 0. The standard InChI is InChI=1S/C10H11BrN5O6P/c11-10-15-4-7(12)13-2-14-8(4)16(10)9-5(17)6-3(21-9)1-20-23(18,19)22-6/h2-3,5-6,9,17H,1H2,(H,18,19)(H2,12,13,14)/p-1/t3?,5?,6-,9?/m0/s1. The zero-order valence-corrected chi connectivity index (χ0v) is 13.8. The Morgan fingerprint density at radius 1 is 1.52 bits per heavy atom. The normalized spacial score (nSPS) is 37.2. The highest BCUT2D eigenvalue weighted by Gasteiger charge is 2.50. The number of ether oxygens (including phenoxy) is 1. The van der Waals surface area contributed by atoms with Gasteiger partial charge in [0.1, 0.15) is 24.6 Å². The van der Waals surface area contributed by atoms with Crippen molar-refractivity contribution < 1.29 is 28.3 Å². The second-order valence-corrected chi connectivity index (χ2v) is 7.12. The number of phosphoric ester groups is 1. The molecule has 0 aliphatic carbocycles. The number of aromatic nitrogens is 4. The van der Waals surface area contributed by atoms with Gasteiger partial charge in [-0.25, -0.2) is 15.0 Å². The number of nitrogens with zero attached hydrogens (tertiary/aromatic N) is 4. The van der Waals surface area contributed by atoms with Crippen LogP contribution in [0.15, 0.2) is 11.1 Å². The molecule has 3 N–H and O–H groups in total. The van der Waals surface area contributed by atoms with Crippen molar-refractivity contribution in [1.82, 2.24) is 19.5 Å². The molecule has 2 aromatic rings. The zero-order chi connectivity index (χ0) is 16.4. The summed E-state index contributed by atoms with van der Waals surface area (Å²) in [7, 11) is -4.44. The van der Waals surface area contributed by atoms with Gasteiger partial charge in [0.15, 0.2) is 27.9 Å². The Hall–Kier alpha value is -1.14. The third kappa shape index (κ3) is 2.38. The summed E-state index contributed by atoms with van der Waals surface area (Å²) >= 11 is 3.25. The Balaban J connectivity index is 1.76. The lowest BCUT2D eigenvalue weighted by molar-refractivity contribution is -0.245. The van der Waals surface area contributed by atoms with Crippen LogP contribution in [0.3, 0.4) is 0 Å². The first-order chi connectivity index (χ1) is 10.9. The number of nitrogen functional groups attached to an aromatic ring is 1. The lowest BCUT2D eigenvalue weighted by Crippen LogP contribution is -2.41. The number of anilines is 1. The van der Waals surface area contributed by atoms with E-state index in [1.807, 2.05) is 0 Å². The van der Waals surface area contributed by atoms with Gasteiger partial charge < -0.3 is 29.5 Å². The topological polar surface area (TPSA) is 158 Å². The van der Waals surface area contributed by atoms with Gasteiger partial charge in [-0.2, -0.15) is 0 Å². The number of hydrogen-bond acceptors (Lipinski definition) is 10. The molecule has 0 amide bonds. The van der Waals surface area contributed by atoms with E-state index in [2.05, 4.69) is 35.4 Å². The van der Waals surface area contributed by atoms with Crippen molar-refractivity contribution in [3.63, 3.8) is 0 Å². The van der Waals surface area contributed by atoms with Crippen molar-refractivity contribution in [2.45, 2.75) is 24.5 Å². The van der Waals surface area contributed by atoms with Gasteiger partial charge in [-0.15, -0.1) is 0 Å². The Morgan fingerprint density at radius 3 is 3.09 bits per heavy atom. The van der Waals surface area contributed by atoms with Gasteiger partial charge in [0.2, 0.25) is 0 Å². The van der Waals surface area contributed by atoms with Gasteiger partial charge in [0.25, 0.3) is 7.82 Å². The summed E-state index contributed by atoms with van der Waals surface area (Å²) < 4.78 is 28.2. The van der Waals surface area contributed by atoms with E-state index in [0.29, 0.717) is 15.9 Å². The molecule has 0 aromatic carbocycles. The minimum Gasteiger partial charge on any atom is -0.756 e. The van der Waals surface area contributed by atoms with E-state index in [0.717, 1.165) is 0 Å². The SMILES string of the molecule is Nc1ncnc2c1nc(Br)n2C1OC2COP(=O)([O-])O[C@@H]2C1O. The second kappa shape index (κ2) is 5.18. The average molecular weight is 407 g/mol. The number of hydrogen-bond donors (Lipinski definition) is 2. The van der Waals surface area contributed by atoms with Gasteiger partial charge in [-0.3, -0.25) is 9.13 Å². The Morgan fingerprint density at radius 2 is 2.30 bits per heavy atom. The monoisotopic (exact) mass is 406 g/mol. The minimum atomic E-state index is -4.44. The zero-order valence-electron chi connectivity index (χ0n) is 11.3. The molecule has 124 valence electrons. The third-order valence-corrected chi connectivity index (χ3v) is 5.20. The van der Waals surface area contributed by atoms with Gasteiger partial charge >= 0.3 is 0 Å². The van der Waals surface area contributed by atoms with Crippen molar-refractivity contribution in [2.75, 3.05) is 12.3 Å². The molecule has 2 fully saturated rings. The number of nitrogens with two attached hydrogens (primary N) is 1. The lowest BCUT2D eigenvalue weighted by Gasteiger charge is -2.34. The average Bonchev–Trinajstić information content (AvgIpc) is 2.97. The quantitative estimate of drug-likeness (QED) is 0.458. The molecule has 23 heavy (non-hydrogen) atoms. The first-order valence-corrected chi connectivity index (χ1v) is 8.74. The van der Waals surface area contributed by atoms with Crippen LogP contribution in [-0.4, -0.2) is 49.5 Å².